The second kappa shape index (κ2) is 7.38. The third-order valence-electron chi connectivity index (χ3n) is 3.79. The van der Waals surface area contributed by atoms with Crippen LogP contribution in [0, 0.1) is 0 Å². The highest BCUT2D eigenvalue weighted by atomic mass is 35.5. The summed E-state index contributed by atoms with van der Waals surface area (Å²) < 4.78 is 6.82. The van der Waals surface area contributed by atoms with Crippen molar-refractivity contribution in [1.82, 2.24) is 9.78 Å². The molecule has 138 valence electrons. The van der Waals surface area contributed by atoms with Crippen LogP contribution < -0.4 is 21.5 Å². The van der Waals surface area contributed by atoms with Crippen LogP contribution in [0.4, 0.5) is 10.5 Å². The maximum absolute atomic E-state index is 11.6. The molecule has 0 aliphatic heterocycles. The third-order valence-corrected chi connectivity index (χ3v) is 4.02. The Hall–Kier alpha value is -3.52. The number of nitrogens with one attached hydrogen (secondary N) is 1. The first-order chi connectivity index (χ1) is 12.9. The molecular weight excluding hydrogens is 370 g/mol. The Morgan fingerprint density at radius 3 is 2.63 bits per heavy atom. The Balaban J connectivity index is 2.08. The number of rotatable bonds is 5. The molecule has 3 aromatic rings. The molecule has 0 unspecified atom stereocenters. The summed E-state index contributed by atoms with van der Waals surface area (Å²) in [5.74, 6) is -0.129. The van der Waals surface area contributed by atoms with Crippen LogP contribution in [-0.2, 0) is 0 Å². The number of benzene rings is 2. The SMILES string of the molecule is COc1ccc(Cl)cc1-c1cccc(-n2cc(NC(N)=O)c(C(N)=O)n2)c1. The lowest BCUT2D eigenvalue weighted by atomic mass is 10.0. The number of halogens is 1. The van der Waals surface area contributed by atoms with Crippen LogP contribution in [0.15, 0.2) is 48.7 Å². The van der Waals surface area contributed by atoms with Gasteiger partial charge in [-0.15, -0.1) is 0 Å². The topological polar surface area (TPSA) is 125 Å². The number of hydrogen-bond acceptors (Lipinski definition) is 4. The summed E-state index contributed by atoms with van der Waals surface area (Å²) in [6.45, 7) is 0. The van der Waals surface area contributed by atoms with Gasteiger partial charge in [0.25, 0.3) is 5.91 Å². The highest BCUT2D eigenvalue weighted by molar-refractivity contribution is 6.31. The summed E-state index contributed by atoms with van der Waals surface area (Å²) >= 11 is 6.11. The monoisotopic (exact) mass is 385 g/mol. The number of hydrogen-bond donors (Lipinski definition) is 3. The van der Waals surface area contributed by atoms with Crippen molar-refractivity contribution in [3.8, 4) is 22.6 Å². The minimum atomic E-state index is -0.825. The van der Waals surface area contributed by atoms with E-state index in [0.717, 1.165) is 11.1 Å². The molecule has 0 saturated carbocycles. The standard InChI is InChI=1S/C18H16ClN5O3/c1-27-15-6-5-11(19)8-13(15)10-3-2-4-12(7-10)24-9-14(22-18(21)26)16(23-24)17(20)25/h2-9H,1H3,(H2,20,25)(H3,21,22,26). The fraction of sp³-hybridized carbons (Fsp3) is 0.0556. The minimum absolute atomic E-state index is 0.0976. The van der Waals surface area contributed by atoms with Crippen molar-refractivity contribution in [2.45, 2.75) is 0 Å². The van der Waals surface area contributed by atoms with E-state index in [2.05, 4.69) is 10.4 Å². The van der Waals surface area contributed by atoms with E-state index in [1.807, 2.05) is 18.2 Å². The summed E-state index contributed by atoms with van der Waals surface area (Å²) in [7, 11) is 1.57. The second-order valence-corrected chi connectivity index (χ2v) is 6.02. The molecule has 0 spiro atoms. The maximum atomic E-state index is 11.6. The maximum Gasteiger partial charge on any atom is 0.316 e. The smallest absolute Gasteiger partial charge is 0.316 e. The zero-order chi connectivity index (χ0) is 19.6. The normalized spacial score (nSPS) is 10.4. The molecule has 3 rings (SSSR count). The largest absolute Gasteiger partial charge is 0.496 e. The highest BCUT2D eigenvalue weighted by Crippen LogP contribution is 2.33. The van der Waals surface area contributed by atoms with E-state index in [1.165, 1.54) is 10.9 Å². The summed E-state index contributed by atoms with van der Waals surface area (Å²) in [6, 6.07) is 11.8. The first-order valence-electron chi connectivity index (χ1n) is 7.79. The molecule has 5 N–H and O–H groups in total. The van der Waals surface area contributed by atoms with E-state index in [1.54, 1.807) is 31.4 Å². The number of amides is 3. The van der Waals surface area contributed by atoms with Crippen molar-refractivity contribution in [3.63, 3.8) is 0 Å². The van der Waals surface area contributed by atoms with Gasteiger partial charge in [-0.3, -0.25) is 4.79 Å². The number of nitrogens with two attached hydrogens (primary N) is 2. The van der Waals surface area contributed by atoms with E-state index in [9.17, 15) is 9.59 Å². The molecule has 3 amide bonds. The number of methoxy groups -OCH3 is 1. The lowest BCUT2D eigenvalue weighted by Gasteiger charge is -2.10. The van der Waals surface area contributed by atoms with Gasteiger partial charge in [0.05, 0.1) is 24.7 Å². The van der Waals surface area contributed by atoms with Crippen LogP contribution in [0.3, 0.4) is 0 Å². The van der Waals surface area contributed by atoms with Crippen LogP contribution in [0.5, 0.6) is 5.75 Å². The van der Waals surface area contributed by atoms with Gasteiger partial charge in [-0.25, -0.2) is 9.48 Å². The number of aromatic nitrogens is 2. The van der Waals surface area contributed by atoms with Crippen LogP contribution in [0.1, 0.15) is 10.5 Å². The van der Waals surface area contributed by atoms with Gasteiger partial charge in [0, 0.05) is 10.6 Å². The number of anilines is 1. The number of ether oxygens (including phenoxy) is 1. The molecule has 0 fully saturated rings. The first kappa shape index (κ1) is 18.3. The fourth-order valence-electron chi connectivity index (χ4n) is 2.63. The average molecular weight is 386 g/mol. The molecule has 2 aromatic carbocycles. The first-order valence-corrected chi connectivity index (χ1v) is 8.17. The van der Waals surface area contributed by atoms with Gasteiger partial charge in [-0.05, 0) is 35.9 Å². The van der Waals surface area contributed by atoms with Crippen molar-refractivity contribution < 1.29 is 14.3 Å². The highest BCUT2D eigenvalue weighted by Gasteiger charge is 2.17. The molecule has 0 aliphatic rings. The molecule has 8 nitrogen and oxygen atoms in total. The fourth-order valence-corrected chi connectivity index (χ4v) is 2.81. The van der Waals surface area contributed by atoms with Gasteiger partial charge in [0.2, 0.25) is 0 Å². The summed E-state index contributed by atoms with van der Waals surface area (Å²) in [5.41, 5.74) is 12.7. The summed E-state index contributed by atoms with van der Waals surface area (Å²) in [6.07, 6.45) is 1.46. The molecular formula is C18H16ClN5O3. The molecule has 0 saturated heterocycles. The Morgan fingerprint density at radius 1 is 1.19 bits per heavy atom. The quantitative estimate of drug-likeness (QED) is 0.624. The minimum Gasteiger partial charge on any atom is -0.496 e. The van der Waals surface area contributed by atoms with Gasteiger partial charge in [-0.2, -0.15) is 5.10 Å². The number of carbonyl (C=O) groups excluding carboxylic acids is 2. The van der Waals surface area contributed by atoms with Gasteiger partial charge >= 0.3 is 6.03 Å². The molecule has 0 radical (unpaired) electrons. The molecule has 1 aromatic heterocycles. The molecule has 0 aliphatic carbocycles. The zero-order valence-electron chi connectivity index (χ0n) is 14.3. The van der Waals surface area contributed by atoms with Crippen molar-refractivity contribution >= 4 is 29.2 Å². The Kier molecular flexibility index (Phi) is 5.00. The molecule has 27 heavy (non-hydrogen) atoms. The van der Waals surface area contributed by atoms with Crippen molar-refractivity contribution in [2.24, 2.45) is 11.5 Å². The van der Waals surface area contributed by atoms with Crippen molar-refractivity contribution in [3.05, 3.63) is 59.4 Å². The van der Waals surface area contributed by atoms with E-state index in [0.29, 0.717) is 16.5 Å². The Bertz CT molecular complexity index is 1030. The van der Waals surface area contributed by atoms with Crippen molar-refractivity contribution in [1.29, 1.82) is 0 Å². The van der Waals surface area contributed by atoms with Crippen LogP contribution >= 0.6 is 11.6 Å². The van der Waals surface area contributed by atoms with Crippen LogP contribution in [-0.4, -0.2) is 28.8 Å². The van der Waals surface area contributed by atoms with Crippen LogP contribution in [0.25, 0.3) is 16.8 Å². The Labute approximate surface area is 159 Å². The Morgan fingerprint density at radius 2 is 1.96 bits per heavy atom. The zero-order valence-corrected chi connectivity index (χ0v) is 15.0. The van der Waals surface area contributed by atoms with Crippen molar-refractivity contribution in [2.75, 3.05) is 12.4 Å². The van der Waals surface area contributed by atoms with Crippen LogP contribution in [0.2, 0.25) is 5.02 Å². The van der Waals surface area contributed by atoms with Gasteiger partial charge in [0.1, 0.15) is 5.75 Å². The molecule has 9 heteroatoms. The lowest BCUT2D eigenvalue weighted by molar-refractivity contribution is 0.0996. The number of carbonyl (C=O) groups is 2. The van der Waals surface area contributed by atoms with Gasteiger partial charge < -0.3 is 21.5 Å². The molecule has 0 bridgehead atoms. The summed E-state index contributed by atoms with van der Waals surface area (Å²) in [5, 5.41) is 7.05. The van der Waals surface area contributed by atoms with E-state index < -0.39 is 11.9 Å². The van der Waals surface area contributed by atoms with E-state index >= 15 is 0 Å². The summed E-state index contributed by atoms with van der Waals surface area (Å²) in [4.78, 5) is 22.7. The predicted molar refractivity (Wildman–Crippen MR) is 102 cm³/mol. The molecule has 0 atom stereocenters. The van der Waals surface area contributed by atoms with E-state index in [-0.39, 0.29) is 11.4 Å². The van der Waals surface area contributed by atoms with Gasteiger partial charge in [-0.1, -0.05) is 23.7 Å². The van der Waals surface area contributed by atoms with Gasteiger partial charge in [0.15, 0.2) is 5.69 Å². The second-order valence-electron chi connectivity index (χ2n) is 5.58. The predicted octanol–water partition coefficient (Wildman–Crippen LogP) is 2.79. The lowest BCUT2D eigenvalue weighted by Crippen LogP contribution is -2.22. The average Bonchev–Trinajstić information content (AvgIpc) is 3.05. The number of primary amides is 2. The third kappa shape index (κ3) is 3.85. The number of urea groups is 1. The van der Waals surface area contributed by atoms with E-state index in [4.69, 9.17) is 27.8 Å². The number of nitrogens with zero attached hydrogens (tertiary/aromatic N) is 2. The molecule has 1 heterocycles.